The first-order chi connectivity index (χ1) is 14.2. The van der Waals surface area contributed by atoms with Crippen molar-refractivity contribution in [2.24, 2.45) is 23.7 Å². The fraction of sp³-hybridized carbons (Fsp3) is 0.600. The quantitative estimate of drug-likeness (QED) is 0.524. The van der Waals surface area contributed by atoms with E-state index in [2.05, 4.69) is 66.5 Å². The highest BCUT2D eigenvalue weighted by molar-refractivity contribution is 8.03. The summed E-state index contributed by atoms with van der Waals surface area (Å²) >= 11 is 4.08. The van der Waals surface area contributed by atoms with Gasteiger partial charge in [-0.05, 0) is 56.5 Å². The van der Waals surface area contributed by atoms with Crippen molar-refractivity contribution in [3.05, 3.63) is 57.4 Å². The third kappa shape index (κ3) is 4.11. The lowest BCUT2D eigenvalue weighted by Crippen LogP contribution is -2.27. The second-order valence-electron chi connectivity index (χ2n) is 9.35. The van der Waals surface area contributed by atoms with Crippen LogP contribution in [0.3, 0.4) is 0 Å². The largest absolute Gasteiger partial charge is 0.375 e. The molecule has 0 amide bonds. The van der Waals surface area contributed by atoms with Gasteiger partial charge in [-0.3, -0.25) is 0 Å². The lowest BCUT2D eigenvalue weighted by molar-refractivity contribution is 0.139. The SMILES string of the molecule is CN(C)CCOCC1=CC2C(=CC=C3C2CC2=CC=CSC2C2CCCC32)CS1. The molecule has 2 saturated carbocycles. The van der Waals surface area contributed by atoms with Gasteiger partial charge in [0.2, 0.25) is 0 Å². The Kier molecular flexibility index (Phi) is 6.16. The molecule has 2 aliphatic heterocycles. The third-order valence-corrected chi connectivity index (χ3v) is 9.68. The van der Waals surface area contributed by atoms with Crippen LogP contribution in [0.4, 0.5) is 0 Å². The summed E-state index contributed by atoms with van der Waals surface area (Å²) in [6.45, 7) is 2.59. The maximum atomic E-state index is 5.99. The monoisotopic (exact) mass is 427 g/mol. The van der Waals surface area contributed by atoms with Gasteiger partial charge in [0.05, 0.1) is 13.2 Å². The van der Waals surface area contributed by atoms with Gasteiger partial charge in [0.1, 0.15) is 0 Å². The van der Waals surface area contributed by atoms with E-state index in [1.807, 2.05) is 11.8 Å². The van der Waals surface area contributed by atoms with Gasteiger partial charge < -0.3 is 9.64 Å². The van der Waals surface area contributed by atoms with Gasteiger partial charge in [0.15, 0.2) is 0 Å². The number of thioether (sulfide) groups is 2. The highest BCUT2D eigenvalue weighted by atomic mass is 32.2. The zero-order valence-electron chi connectivity index (χ0n) is 17.7. The molecule has 0 spiro atoms. The Bertz CT molecular complexity index is 791. The lowest BCUT2D eigenvalue weighted by Gasteiger charge is -2.37. The molecule has 2 nitrogen and oxygen atoms in total. The summed E-state index contributed by atoms with van der Waals surface area (Å²) < 4.78 is 5.99. The summed E-state index contributed by atoms with van der Waals surface area (Å²) in [7, 11) is 4.21. The van der Waals surface area contributed by atoms with Gasteiger partial charge in [-0.2, -0.15) is 0 Å². The molecule has 0 bridgehead atoms. The molecule has 0 aromatic carbocycles. The summed E-state index contributed by atoms with van der Waals surface area (Å²) in [5.41, 5.74) is 5.11. The average Bonchev–Trinajstić information content (AvgIpc) is 3.16. The van der Waals surface area contributed by atoms with Gasteiger partial charge in [-0.1, -0.05) is 53.5 Å². The number of fused-ring (bicyclic) bond motifs is 7. The van der Waals surface area contributed by atoms with Crippen molar-refractivity contribution in [3.8, 4) is 0 Å². The van der Waals surface area contributed by atoms with E-state index < -0.39 is 0 Å². The van der Waals surface area contributed by atoms with Crippen LogP contribution in [-0.2, 0) is 4.74 Å². The molecule has 0 aromatic heterocycles. The maximum Gasteiger partial charge on any atom is 0.0773 e. The lowest BCUT2D eigenvalue weighted by atomic mass is 9.71. The topological polar surface area (TPSA) is 12.5 Å². The number of hydrogen-bond donors (Lipinski definition) is 0. The Hall–Kier alpha value is -0.680. The summed E-state index contributed by atoms with van der Waals surface area (Å²) in [6.07, 6.45) is 17.8. The molecular formula is C25H33NOS2. The summed E-state index contributed by atoms with van der Waals surface area (Å²) in [4.78, 5) is 3.63. The van der Waals surface area contributed by atoms with E-state index in [4.69, 9.17) is 4.74 Å². The van der Waals surface area contributed by atoms with E-state index in [9.17, 15) is 0 Å². The van der Waals surface area contributed by atoms with Gasteiger partial charge in [-0.15, -0.1) is 23.5 Å². The zero-order valence-corrected chi connectivity index (χ0v) is 19.3. The van der Waals surface area contributed by atoms with Crippen molar-refractivity contribution < 1.29 is 4.74 Å². The Morgan fingerprint density at radius 3 is 2.93 bits per heavy atom. The number of ether oxygens (including phenoxy) is 1. The van der Waals surface area contributed by atoms with Crippen LogP contribution in [0, 0.1) is 23.7 Å². The second-order valence-corrected chi connectivity index (χ2v) is 11.5. The highest BCUT2D eigenvalue weighted by Crippen LogP contribution is 2.56. The van der Waals surface area contributed by atoms with Crippen LogP contribution in [0.15, 0.2) is 57.4 Å². The van der Waals surface area contributed by atoms with Crippen LogP contribution in [0.1, 0.15) is 25.7 Å². The predicted molar refractivity (Wildman–Crippen MR) is 127 cm³/mol. The molecule has 5 unspecified atom stereocenters. The fourth-order valence-electron chi connectivity index (χ4n) is 5.90. The Morgan fingerprint density at radius 2 is 2.03 bits per heavy atom. The van der Waals surface area contributed by atoms with Crippen molar-refractivity contribution in [1.82, 2.24) is 4.90 Å². The molecule has 0 radical (unpaired) electrons. The van der Waals surface area contributed by atoms with Crippen molar-refractivity contribution in [3.63, 3.8) is 0 Å². The van der Waals surface area contributed by atoms with Crippen LogP contribution in [0.25, 0.3) is 0 Å². The molecule has 5 atom stereocenters. The van der Waals surface area contributed by atoms with Crippen molar-refractivity contribution >= 4 is 23.5 Å². The van der Waals surface area contributed by atoms with E-state index in [0.29, 0.717) is 11.8 Å². The molecular weight excluding hydrogens is 394 g/mol. The molecule has 4 heteroatoms. The molecule has 29 heavy (non-hydrogen) atoms. The third-order valence-electron chi connectivity index (χ3n) is 7.32. The minimum atomic E-state index is 0.584. The molecule has 5 aliphatic rings. The molecule has 0 aromatic rings. The van der Waals surface area contributed by atoms with Crippen LogP contribution in [0.5, 0.6) is 0 Å². The zero-order chi connectivity index (χ0) is 19.8. The summed E-state index contributed by atoms with van der Waals surface area (Å²) in [5, 5.41) is 3.05. The number of allylic oxidation sites excluding steroid dienone is 6. The summed E-state index contributed by atoms with van der Waals surface area (Å²) in [5.74, 6) is 4.04. The first kappa shape index (κ1) is 20.2. The van der Waals surface area contributed by atoms with Crippen LogP contribution >= 0.6 is 23.5 Å². The molecule has 5 rings (SSSR count). The first-order valence-electron chi connectivity index (χ1n) is 11.2. The minimum absolute atomic E-state index is 0.584. The molecule has 0 N–H and O–H groups in total. The van der Waals surface area contributed by atoms with Gasteiger partial charge >= 0.3 is 0 Å². The Balaban J connectivity index is 1.39. The summed E-state index contributed by atoms with van der Waals surface area (Å²) in [6, 6.07) is 0. The number of likely N-dealkylation sites (N-methyl/N-ethyl adjacent to an activating group) is 1. The standard InChI is InChI=1S/C25H33NOS2/c1-26(2)10-11-27-15-19-14-23-18(16-29-19)8-9-21-20-6-3-7-22(20)25-17(13-24(21)23)5-4-12-28-25/h4-5,8-9,12,14,20,22-25H,3,6-7,10-11,13,15-16H2,1-2H3. The normalized spacial score (nSPS) is 35.5. The molecule has 156 valence electrons. The molecule has 0 saturated heterocycles. The molecule has 2 heterocycles. The Labute approximate surface area is 184 Å². The molecule has 2 fully saturated rings. The minimum Gasteiger partial charge on any atom is -0.375 e. The number of nitrogens with zero attached hydrogens (tertiary/aromatic N) is 1. The number of rotatable bonds is 5. The van der Waals surface area contributed by atoms with Gasteiger partial charge in [0, 0.05) is 28.4 Å². The number of hydrogen-bond acceptors (Lipinski definition) is 4. The predicted octanol–water partition coefficient (Wildman–Crippen LogP) is 5.67. The van der Waals surface area contributed by atoms with Crippen LogP contribution < -0.4 is 0 Å². The average molecular weight is 428 g/mol. The molecule has 3 aliphatic carbocycles. The van der Waals surface area contributed by atoms with E-state index in [1.165, 1.54) is 30.6 Å². The van der Waals surface area contributed by atoms with Crippen LogP contribution in [-0.4, -0.2) is 49.8 Å². The van der Waals surface area contributed by atoms with Crippen molar-refractivity contribution in [1.29, 1.82) is 0 Å². The van der Waals surface area contributed by atoms with E-state index in [1.54, 1.807) is 16.7 Å². The first-order valence-corrected chi connectivity index (χ1v) is 13.1. The van der Waals surface area contributed by atoms with Crippen molar-refractivity contribution in [2.45, 2.75) is 30.9 Å². The fourth-order valence-corrected chi connectivity index (χ4v) is 8.17. The van der Waals surface area contributed by atoms with Crippen LogP contribution in [0.2, 0.25) is 0 Å². The van der Waals surface area contributed by atoms with Gasteiger partial charge in [0.25, 0.3) is 0 Å². The van der Waals surface area contributed by atoms with E-state index in [-0.39, 0.29) is 0 Å². The smallest absolute Gasteiger partial charge is 0.0773 e. The second kappa shape index (κ2) is 8.82. The highest BCUT2D eigenvalue weighted by Gasteiger charge is 2.46. The van der Waals surface area contributed by atoms with Crippen molar-refractivity contribution in [2.75, 3.05) is 39.6 Å². The van der Waals surface area contributed by atoms with E-state index >= 15 is 0 Å². The van der Waals surface area contributed by atoms with Gasteiger partial charge in [-0.25, -0.2) is 0 Å². The van der Waals surface area contributed by atoms with E-state index in [0.717, 1.165) is 42.6 Å². The Morgan fingerprint density at radius 1 is 1.10 bits per heavy atom. The maximum absolute atomic E-state index is 5.99.